The van der Waals surface area contributed by atoms with Gasteiger partial charge in [0.05, 0.1) is 14.2 Å². The summed E-state index contributed by atoms with van der Waals surface area (Å²) in [6, 6.07) is 14.1. The smallest absolute Gasteiger partial charge is 0.249 e. The first-order valence-corrected chi connectivity index (χ1v) is 8.43. The molecule has 0 bridgehead atoms. The van der Waals surface area contributed by atoms with Crippen LogP contribution >= 0.6 is 0 Å². The zero-order valence-corrected chi connectivity index (χ0v) is 15.1. The van der Waals surface area contributed by atoms with E-state index in [0.29, 0.717) is 30.0 Å². The first kappa shape index (κ1) is 17.8. The van der Waals surface area contributed by atoms with Gasteiger partial charge < -0.3 is 14.4 Å². The standard InChI is InChI=1S/C20H22N2O4/c1-21(15-9-11-17(25-2)18(13-15)26-3)20(24)16-10-12-19(23)22(16)14-7-5-4-6-8-14/h4-9,11,13,16H,10,12H2,1-3H3. The number of rotatable bonds is 5. The molecular weight excluding hydrogens is 332 g/mol. The van der Waals surface area contributed by atoms with E-state index in [0.717, 1.165) is 5.69 Å². The Morgan fingerprint density at radius 3 is 2.42 bits per heavy atom. The van der Waals surface area contributed by atoms with Crippen molar-refractivity contribution in [2.24, 2.45) is 0 Å². The summed E-state index contributed by atoms with van der Waals surface area (Å²) in [5, 5.41) is 0. The molecule has 1 heterocycles. The highest BCUT2D eigenvalue weighted by Crippen LogP contribution is 2.33. The highest BCUT2D eigenvalue weighted by molar-refractivity contribution is 6.08. The minimum absolute atomic E-state index is 0.0322. The van der Waals surface area contributed by atoms with E-state index in [4.69, 9.17) is 9.47 Å². The van der Waals surface area contributed by atoms with Crippen molar-refractivity contribution < 1.29 is 19.1 Å². The molecule has 0 spiro atoms. The summed E-state index contributed by atoms with van der Waals surface area (Å²) < 4.78 is 10.6. The highest BCUT2D eigenvalue weighted by atomic mass is 16.5. The summed E-state index contributed by atoms with van der Waals surface area (Å²) in [6.45, 7) is 0. The van der Waals surface area contributed by atoms with E-state index >= 15 is 0 Å². The third-order valence-corrected chi connectivity index (χ3v) is 4.62. The number of benzene rings is 2. The number of carbonyl (C=O) groups excluding carboxylic acids is 2. The van der Waals surface area contributed by atoms with Crippen molar-refractivity contribution in [3.63, 3.8) is 0 Å². The number of methoxy groups -OCH3 is 2. The van der Waals surface area contributed by atoms with Gasteiger partial charge in [0.2, 0.25) is 11.8 Å². The number of nitrogens with zero attached hydrogens (tertiary/aromatic N) is 2. The van der Waals surface area contributed by atoms with Crippen LogP contribution in [-0.4, -0.2) is 39.1 Å². The fourth-order valence-corrected chi connectivity index (χ4v) is 3.21. The van der Waals surface area contributed by atoms with Crippen molar-refractivity contribution in [1.29, 1.82) is 0 Å². The quantitative estimate of drug-likeness (QED) is 0.828. The van der Waals surface area contributed by atoms with E-state index in [1.807, 2.05) is 30.3 Å². The lowest BCUT2D eigenvalue weighted by atomic mass is 10.1. The van der Waals surface area contributed by atoms with Crippen LogP contribution in [0.5, 0.6) is 11.5 Å². The minimum Gasteiger partial charge on any atom is -0.493 e. The summed E-state index contributed by atoms with van der Waals surface area (Å²) in [7, 11) is 4.82. The Bertz CT molecular complexity index is 807. The highest BCUT2D eigenvalue weighted by Gasteiger charge is 2.38. The number of hydrogen-bond acceptors (Lipinski definition) is 4. The van der Waals surface area contributed by atoms with Gasteiger partial charge in [-0.3, -0.25) is 14.5 Å². The third-order valence-electron chi connectivity index (χ3n) is 4.62. The number of para-hydroxylation sites is 1. The van der Waals surface area contributed by atoms with Crippen molar-refractivity contribution in [3.8, 4) is 11.5 Å². The number of hydrogen-bond donors (Lipinski definition) is 0. The number of anilines is 2. The SMILES string of the molecule is COc1ccc(N(C)C(=O)C2CCC(=O)N2c2ccccc2)cc1OC. The molecule has 1 unspecified atom stereocenters. The number of amides is 2. The van der Waals surface area contributed by atoms with Crippen molar-refractivity contribution >= 4 is 23.2 Å². The first-order valence-electron chi connectivity index (χ1n) is 8.43. The lowest BCUT2D eigenvalue weighted by Gasteiger charge is -2.28. The third kappa shape index (κ3) is 3.22. The molecule has 0 aliphatic carbocycles. The van der Waals surface area contributed by atoms with Gasteiger partial charge in [0.25, 0.3) is 0 Å². The van der Waals surface area contributed by atoms with Gasteiger partial charge >= 0.3 is 0 Å². The second-order valence-electron chi connectivity index (χ2n) is 6.09. The van der Waals surface area contributed by atoms with Gasteiger partial charge in [-0.2, -0.15) is 0 Å². The molecule has 0 aromatic heterocycles. The number of ether oxygens (including phenoxy) is 2. The Morgan fingerprint density at radius 1 is 1.08 bits per heavy atom. The zero-order chi connectivity index (χ0) is 18.7. The maximum atomic E-state index is 13.1. The summed E-state index contributed by atoms with van der Waals surface area (Å²) in [5.74, 6) is 0.980. The van der Waals surface area contributed by atoms with E-state index in [1.165, 1.54) is 0 Å². The zero-order valence-electron chi connectivity index (χ0n) is 15.1. The predicted octanol–water partition coefficient (Wildman–Crippen LogP) is 2.86. The Hall–Kier alpha value is -3.02. The predicted molar refractivity (Wildman–Crippen MR) is 99.9 cm³/mol. The summed E-state index contributed by atoms with van der Waals surface area (Å²) in [6.07, 6.45) is 0.870. The van der Waals surface area contributed by atoms with E-state index < -0.39 is 6.04 Å². The monoisotopic (exact) mass is 354 g/mol. The molecule has 0 radical (unpaired) electrons. The van der Waals surface area contributed by atoms with Crippen LogP contribution < -0.4 is 19.3 Å². The molecule has 1 aliphatic rings. The molecule has 26 heavy (non-hydrogen) atoms. The van der Waals surface area contributed by atoms with Gasteiger partial charge in [-0.25, -0.2) is 0 Å². The average Bonchev–Trinajstić information content (AvgIpc) is 3.08. The Labute approximate surface area is 152 Å². The van der Waals surface area contributed by atoms with Gasteiger partial charge in [-0.1, -0.05) is 18.2 Å². The lowest BCUT2D eigenvalue weighted by Crippen LogP contribution is -2.45. The van der Waals surface area contributed by atoms with E-state index in [9.17, 15) is 9.59 Å². The Morgan fingerprint density at radius 2 is 1.77 bits per heavy atom. The molecule has 1 atom stereocenters. The maximum absolute atomic E-state index is 13.1. The topological polar surface area (TPSA) is 59.1 Å². The van der Waals surface area contributed by atoms with Gasteiger partial charge in [0.1, 0.15) is 6.04 Å². The fourth-order valence-electron chi connectivity index (χ4n) is 3.21. The molecule has 3 rings (SSSR count). The minimum atomic E-state index is -0.511. The van der Waals surface area contributed by atoms with Crippen molar-refractivity contribution in [3.05, 3.63) is 48.5 Å². The second-order valence-corrected chi connectivity index (χ2v) is 6.09. The van der Waals surface area contributed by atoms with Crippen LogP contribution in [0.4, 0.5) is 11.4 Å². The average molecular weight is 354 g/mol. The van der Waals surface area contributed by atoms with Gasteiger partial charge in [-0.05, 0) is 30.7 Å². The molecule has 1 saturated heterocycles. The molecule has 2 aromatic carbocycles. The molecule has 2 amide bonds. The largest absolute Gasteiger partial charge is 0.493 e. The van der Waals surface area contributed by atoms with Crippen LogP contribution in [0.2, 0.25) is 0 Å². The molecule has 0 saturated carbocycles. The molecule has 1 aliphatic heterocycles. The normalized spacial score (nSPS) is 16.5. The number of carbonyl (C=O) groups is 2. The van der Waals surface area contributed by atoms with Crippen LogP contribution in [0.3, 0.4) is 0 Å². The first-order chi connectivity index (χ1) is 12.6. The molecule has 6 nitrogen and oxygen atoms in total. The lowest BCUT2D eigenvalue weighted by molar-refractivity contribution is -0.121. The van der Waals surface area contributed by atoms with E-state index in [-0.39, 0.29) is 11.8 Å². The van der Waals surface area contributed by atoms with Gasteiger partial charge in [0.15, 0.2) is 11.5 Å². The van der Waals surface area contributed by atoms with E-state index in [2.05, 4.69) is 0 Å². The summed E-state index contributed by atoms with van der Waals surface area (Å²) in [5.41, 5.74) is 1.43. The fraction of sp³-hybridized carbons (Fsp3) is 0.300. The molecule has 136 valence electrons. The van der Waals surface area contributed by atoms with Crippen molar-refractivity contribution in [1.82, 2.24) is 0 Å². The van der Waals surface area contributed by atoms with Crippen LogP contribution in [-0.2, 0) is 9.59 Å². The molecule has 6 heteroatoms. The molecule has 0 N–H and O–H groups in total. The second kappa shape index (κ2) is 7.47. The van der Waals surface area contributed by atoms with Gasteiger partial charge in [0, 0.05) is 30.9 Å². The van der Waals surface area contributed by atoms with Crippen LogP contribution in [0.1, 0.15) is 12.8 Å². The summed E-state index contributed by atoms with van der Waals surface area (Å²) >= 11 is 0. The van der Waals surface area contributed by atoms with Crippen LogP contribution in [0.15, 0.2) is 48.5 Å². The Balaban J connectivity index is 1.87. The summed E-state index contributed by atoms with van der Waals surface area (Å²) in [4.78, 5) is 28.6. The molecule has 2 aromatic rings. The van der Waals surface area contributed by atoms with Crippen molar-refractivity contribution in [2.75, 3.05) is 31.1 Å². The maximum Gasteiger partial charge on any atom is 0.249 e. The van der Waals surface area contributed by atoms with Crippen molar-refractivity contribution in [2.45, 2.75) is 18.9 Å². The Kier molecular flexibility index (Phi) is 5.11. The van der Waals surface area contributed by atoms with Crippen LogP contribution in [0.25, 0.3) is 0 Å². The van der Waals surface area contributed by atoms with Gasteiger partial charge in [-0.15, -0.1) is 0 Å². The molecule has 1 fully saturated rings. The van der Waals surface area contributed by atoms with Crippen LogP contribution in [0, 0.1) is 0 Å². The molecular formula is C20H22N2O4. The number of likely N-dealkylation sites (N-methyl/N-ethyl adjacent to an activating group) is 1. The van der Waals surface area contributed by atoms with E-state index in [1.54, 1.807) is 49.3 Å².